The average molecular weight is 250 g/mol. The summed E-state index contributed by atoms with van der Waals surface area (Å²) in [7, 11) is 2.97. The molecule has 4 heteroatoms. The van der Waals surface area contributed by atoms with E-state index < -0.39 is 12.1 Å². The lowest BCUT2D eigenvalue weighted by atomic mass is 9.95. The molecule has 1 fully saturated rings. The van der Waals surface area contributed by atoms with Gasteiger partial charge in [0, 0.05) is 12.5 Å². The number of carbonyl (C=O) groups excluding carboxylic acids is 1. The highest BCUT2D eigenvalue weighted by Crippen LogP contribution is 2.48. The van der Waals surface area contributed by atoms with E-state index in [1.54, 1.807) is 19.2 Å². The van der Waals surface area contributed by atoms with Gasteiger partial charge < -0.3 is 14.6 Å². The zero-order chi connectivity index (χ0) is 13.2. The number of ether oxygens (including phenoxy) is 2. The molecule has 0 spiro atoms. The number of methoxy groups -OCH3 is 2. The van der Waals surface area contributed by atoms with Gasteiger partial charge in [0.1, 0.15) is 0 Å². The number of carbonyl (C=O) groups is 1. The van der Waals surface area contributed by atoms with Gasteiger partial charge in [0.05, 0.1) is 13.7 Å². The Bertz CT molecular complexity index is 420. The van der Waals surface area contributed by atoms with Gasteiger partial charge in [-0.3, -0.25) is 0 Å². The lowest BCUT2D eigenvalue weighted by Crippen LogP contribution is -2.16. The van der Waals surface area contributed by atoms with E-state index in [1.165, 1.54) is 12.7 Å². The van der Waals surface area contributed by atoms with Gasteiger partial charge in [-0.25, -0.2) is 4.79 Å². The Balaban J connectivity index is 2.13. The number of benzene rings is 1. The molecule has 1 atom stereocenters. The van der Waals surface area contributed by atoms with Crippen molar-refractivity contribution in [3.63, 3.8) is 0 Å². The molecule has 1 aliphatic rings. The van der Waals surface area contributed by atoms with Crippen molar-refractivity contribution < 1.29 is 19.4 Å². The van der Waals surface area contributed by atoms with Crippen LogP contribution in [0, 0.1) is 0 Å². The normalized spacial score (nSPS) is 18.2. The van der Waals surface area contributed by atoms with Gasteiger partial charge in [-0.05, 0) is 24.0 Å². The first-order valence-corrected chi connectivity index (χ1v) is 5.98. The largest absolute Gasteiger partial charge is 0.467 e. The topological polar surface area (TPSA) is 55.8 Å². The Kier molecular flexibility index (Phi) is 3.68. The summed E-state index contributed by atoms with van der Waals surface area (Å²) in [6.45, 7) is 0.714. The van der Waals surface area contributed by atoms with E-state index in [9.17, 15) is 9.90 Å². The molecule has 2 rings (SSSR count). The predicted octanol–water partition coefficient (Wildman–Crippen LogP) is 1.57. The molecule has 0 aromatic heterocycles. The van der Waals surface area contributed by atoms with Crippen molar-refractivity contribution in [2.45, 2.75) is 24.4 Å². The van der Waals surface area contributed by atoms with Crippen molar-refractivity contribution in [3.05, 3.63) is 35.4 Å². The van der Waals surface area contributed by atoms with E-state index in [0.29, 0.717) is 12.2 Å². The minimum atomic E-state index is -1.21. The summed E-state index contributed by atoms with van der Waals surface area (Å²) in [5, 5.41) is 9.70. The van der Waals surface area contributed by atoms with Gasteiger partial charge in [0.25, 0.3) is 0 Å². The van der Waals surface area contributed by atoms with E-state index >= 15 is 0 Å². The summed E-state index contributed by atoms with van der Waals surface area (Å²) in [5.74, 6) is -0.638. The number of hydrogen-bond donors (Lipinski definition) is 1. The molecule has 1 aromatic carbocycles. The zero-order valence-electron chi connectivity index (χ0n) is 10.7. The first-order chi connectivity index (χ1) is 8.63. The molecule has 98 valence electrons. The number of aliphatic hydroxyl groups is 1. The van der Waals surface area contributed by atoms with Crippen LogP contribution in [0.5, 0.6) is 0 Å². The van der Waals surface area contributed by atoms with E-state index in [1.807, 2.05) is 12.1 Å². The van der Waals surface area contributed by atoms with Gasteiger partial charge >= 0.3 is 5.97 Å². The molecule has 0 bridgehead atoms. The van der Waals surface area contributed by atoms with Crippen LogP contribution in [0.4, 0.5) is 0 Å². The fourth-order valence-corrected chi connectivity index (χ4v) is 2.21. The molecule has 1 aromatic rings. The molecule has 18 heavy (non-hydrogen) atoms. The molecule has 1 saturated carbocycles. The van der Waals surface area contributed by atoms with Gasteiger partial charge in [-0.15, -0.1) is 0 Å². The third-order valence-electron chi connectivity index (χ3n) is 3.54. The molecule has 1 aliphatic carbocycles. The van der Waals surface area contributed by atoms with Gasteiger partial charge in [-0.1, -0.05) is 24.3 Å². The first kappa shape index (κ1) is 13.1. The molecule has 1 unspecified atom stereocenters. The van der Waals surface area contributed by atoms with Crippen LogP contribution in [0.3, 0.4) is 0 Å². The van der Waals surface area contributed by atoms with Crippen LogP contribution in [0.2, 0.25) is 0 Å². The Morgan fingerprint density at radius 1 is 1.33 bits per heavy atom. The van der Waals surface area contributed by atoms with Crippen LogP contribution in [-0.4, -0.2) is 31.9 Å². The maximum atomic E-state index is 11.2. The highest BCUT2D eigenvalue weighted by atomic mass is 16.5. The van der Waals surface area contributed by atoms with Crippen LogP contribution in [0.15, 0.2) is 24.3 Å². The molecule has 0 aliphatic heterocycles. The fourth-order valence-electron chi connectivity index (χ4n) is 2.21. The van der Waals surface area contributed by atoms with Crippen LogP contribution in [-0.2, 0) is 19.7 Å². The molecule has 0 heterocycles. The molecule has 4 nitrogen and oxygen atoms in total. The van der Waals surface area contributed by atoms with Crippen molar-refractivity contribution in [2.75, 3.05) is 20.8 Å². The summed E-state index contributed by atoms with van der Waals surface area (Å²) in [4.78, 5) is 11.2. The van der Waals surface area contributed by atoms with E-state index in [-0.39, 0.29) is 5.41 Å². The number of hydrogen-bond acceptors (Lipinski definition) is 4. The van der Waals surface area contributed by atoms with E-state index in [4.69, 9.17) is 4.74 Å². The standard InChI is InChI=1S/C14H18O4/c1-17-9-14(7-8-14)11-5-3-10(4-6-11)12(15)13(16)18-2/h3-6,12,15H,7-9H2,1-2H3. The lowest BCUT2D eigenvalue weighted by molar-refractivity contribution is -0.150. The zero-order valence-corrected chi connectivity index (χ0v) is 10.7. The molecule has 0 amide bonds. The highest BCUT2D eigenvalue weighted by Gasteiger charge is 2.44. The second-order valence-electron chi connectivity index (χ2n) is 4.76. The van der Waals surface area contributed by atoms with Gasteiger partial charge in [0.15, 0.2) is 6.10 Å². The minimum Gasteiger partial charge on any atom is -0.467 e. The average Bonchev–Trinajstić information content (AvgIpc) is 3.18. The number of aliphatic hydroxyl groups excluding tert-OH is 1. The maximum Gasteiger partial charge on any atom is 0.339 e. The Morgan fingerprint density at radius 3 is 2.39 bits per heavy atom. The third kappa shape index (κ3) is 2.40. The summed E-state index contributed by atoms with van der Waals surface area (Å²) < 4.78 is 9.74. The van der Waals surface area contributed by atoms with Gasteiger partial charge in [-0.2, -0.15) is 0 Å². The van der Waals surface area contributed by atoms with Crippen molar-refractivity contribution in [2.24, 2.45) is 0 Å². The molecule has 0 saturated heterocycles. The van der Waals surface area contributed by atoms with E-state index in [2.05, 4.69) is 4.74 Å². The smallest absolute Gasteiger partial charge is 0.339 e. The lowest BCUT2D eigenvalue weighted by Gasteiger charge is -2.15. The van der Waals surface area contributed by atoms with Crippen molar-refractivity contribution in [1.82, 2.24) is 0 Å². The summed E-state index contributed by atoms with van der Waals surface area (Å²) in [6, 6.07) is 7.44. The SMILES string of the molecule is COCC1(c2ccc(C(O)C(=O)OC)cc2)CC1. The van der Waals surface area contributed by atoms with Crippen molar-refractivity contribution >= 4 is 5.97 Å². The third-order valence-corrected chi connectivity index (χ3v) is 3.54. The predicted molar refractivity (Wildman–Crippen MR) is 66.2 cm³/mol. The number of esters is 1. The van der Waals surface area contributed by atoms with Crippen molar-refractivity contribution in [3.8, 4) is 0 Å². The number of rotatable bonds is 5. The fraction of sp³-hybridized carbons (Fsp3) is 0.500. The van der Waals surface area contributed by atoms with Crippen LogP contribution in [0.1, 0.15) is 30.1 Å². The highest BCUT2D eigenvalue weighted by molar-refractivity contribution is 5.76. The minimum absolute atomic E-state index is 0.142. The van der Waals surface area contributed by atoms with Crippen LogP contribution < -0.4 is 0 Å². The van der Waals surface area contributed by atoms with Crippen LogP contribution in [0.25, 0.3) is 0 Å². The summed E-state index contributed by atoms with van der Waals surface area (Å²) in [6.07, 6.45) is 1.04. The van der Waals surface area contributed by atoms with Gasteiger partial charge in [0.2, 0.25) is 0 Å². The molecular formula is C14H18O4. The Morgan fingerprint density at radius 2 is 1.94 bits per heavy atom. The van der Waals surface area contributed by atoms with Crippen LogP contribution >= 0.6 is 0 Å². The molecular weight excluding hydrogens is 232 g/mol. The molecule has 1 N–H and O–H groups in total. The Labute approximate surface area is 107 Å². The van der Waals surface area contributed by atoms with Crippen molar-refractivity contribution in [1.29, 1.82) is 0 Å². The molecule has 0 radical (unpaired) electrons. The van der Waals surface area contributed by atoms with E-state index in [0.717, 1.165) is 12.8 Å². The maximum absolute atomic E-state index is 11.2. The second kappa shape index (κ2) is 5.08. The Hall–Kier alpha value is -1.39. The quantitative estimate of drug-likeness (QED) is 0.806. The second-order valence-corrected chi connectivity index (χ2v) is 4.76. The monoisotopic (exact) mass is 250 g/mol. The summed E-state index contributed by atoms with van der Waals surface area (Å²) >= 11 is 0. The first-order valence-electron chi connectivity index (χ1n) is 5.98. The summed E-state index contributed by atoms with van der Waals surface area (Å²) in [5.41, 5.74) is 1.90.